The minimum atomic E-state index is -0.408. The van der Waals surface area contributed by atoms with Crippen molar-refractivity contribution >= 4 is 34.9 Å². The number of hydrogen-bond donors (Lipinski definition) is 2. The second kappa shape index (κ2) is 5.87. The summed E-state index contributed by atoms with van der Waals surface area (Å²) in [5.74, 6) is -0.157. The minimum Gasteiger partial charge on any atom is -0.394 e. The molecule has 2 rings (SSSR count). The van der Waals surface area contributed by atoms with Crippen molar-refractivity contribution in [2.24, 2.45) is 0 Å². The zero-order valence-corrected chi connectivity index (χ0v) is 11.6. The van der Waals surface area contributed by atoms with Gasteiger partial charge in [0, 0.05) is 11.0 Å². The predicted molar refractivity (Wildman–Crippen MR) is 74.8 cm³/mol. The lowest BCUT2D eigenvalue weighted by Gasteiger charge is -2.27. The molecule has 1 aliphatic carbocycles. The Bertz CT molecular complexity index is 450. The summed E-state index contributed by atoms with van der Waals surface area (Å²) in [7, 11) is 0. The fraction of sp³-hybridized carbons (Fsp3) is 0.462. The highest BCUT2D eigenvalue weighted by Crippen LogP contribution is 2.29. The number of amides is 1. The molecular weight excluding hydrogens is 270 g/mol. The smallest absolute Gasteiger partial charge is 0.244 e. The quantitative estimate of drug-likeness (QED) is 0.836. The zero-order valence-electron chi connectivity index (χ0n) is 9.99. The molecule has 1 saturated carbocycles. The van der Waals surface area contributed by atoms with Crippen molar-refractivity contribution in [3.8, 4) is 0 Å². The Hall–Kier alpha value is -0.840. The molecule has 1 aromatic heterocycles. The molecule has 0 unspecified atom stereocenters. The van der Waals surface area contributed by atoms with E-state index in [1.165, 1.54) is 17.4 Å². The van der Waals surface area contributed by atoms with Crippen LogP contribution in [0.25, 0.3) is 6.08 Å². The average Bonchev–Trinajstić information content (AvgIpc) is 2.97. The van der Waals surface area contributed by atoms with Crippen LogP contribution in [-0.4, -0.2) is 23.2 Å². The van der Waals surface area contributed by atoms with Crippen molar-refractivity contribution < 1.29 is 9.90 Å². The SMILES string of the molecule is O=C(/C=C/c1ccc(Cl)s1)NC1(CO)CCCC1. The van der Waals surface area contributed by atoms with Crippen LogP contribution in [0.3, 0.4) is 0 Å². The van der Waals surface area contributed by atoms with Gasteiger partial charge in [0.25, 0.3) is 0 Å². The highest BCUT2D eigenvalue weighted by atomic mass is 35.5. The number of hydrogen-bond acceptors (Lipinski definition) is 3. The molecule has 1 heterocycles. The summed E-state index contributed by atoms with van der Waals surface area (Å²) in [5, 5.41) is 12.3. The molecule has 1 aromatic rings. The van der Waals surface area contributed by atoms with Crippen molar-refractivity contribution in [2.45, 2.75) is 31.2 Å². The van der Waals surface area contributed by atoms with E-state index in [2.05, 4.69) is 5.32 Å². The highest BCUT2D eigenvalue weighted by molar-refractivity contribution is 7.17. The molecule has 2 N–H and O–H groups in total. The standard InChI is InChI=1S/C13H16ClNO2S/c14-11-5-3-10(18-11)4-6-12(17)15-13(9-16)7-1-2-8-13/h3-6,16H,1-2,7-9H2,(H,15,17)/b6-4+. The lowest BCUT2D eigenvalue weighted by Crippen LogP contribution is -2.48. The number of nitrogens with one attached hydrogen (secondary N) is 1. The highest BCUT2D eigenvalue weighted by Gasteiger charge is 2.33. The fourth-order valence-electron chi connectivity index (χ4n) is 2.25. The Morgan fingerprint density at radius 1 is 1.50 bits per heavy atom. The van der Waals surface area contributed by atoms with E-state index in [1.807, 2.05) is 6.07 Å². The van der Waals surface area contributed by atoms with Crippen LogP contribution in [-0.2, 0) is 4.79 Å². The molecule has 1 fully saturated rings. The molecule has 0 bridgehead atoms. The van der Waals surface area contributed by atoms with Crippen LogP contribution in [0.5, 0.6) is 0 Å². The summed E-state index contributed by atoms with van der Waals surface area (Å²) >= 11 is 7.24. The molecule has 0 aromatic carbocycles. The summed E-state index contributed by atoms with van der Waals surface area (Å²) < 4.78 is 0.706. The number of aliphatic hydroxyl groups excluding tert-OH is 1. The third-order valence-electron chi connectivity index (χ3n) is 3.24. The van der Waals surface area contributed by atoms with Crippen molar-refractivity contribution in [2.75, 3.05) is 6.61 Å². The van der Waals surface area contributed by atoms with Gasteiger partial charge in [-0.05, 0) is 31.1 Å². The van der Waals surface area contributed by atoms with E-state index in [0.717, 1.165) is 30.6 Å². The van der Waals surface area contributed by atoms with Gasteiger partial charge in [-0.1, -0.05) is 24.4 Å². The lowest BCUT2D eigenvalue weighted by atomic mass is 9.99. The van der Waals surface area contributed by atoms with E-state index in [9.17, 15) is 9.90 Å². The third kappa shape index (κ3) is 3.34. The van der Waals surface area contributed by atoms with E-state index in [1.54, 1.807) is 12.1 Å². The molecule has 3 nitrogen and oxygen atoms in total. The molecule has 0 saturated heterocycles. The van der Waals surface area contributed by atoms with Gasteiger partial charge in [0.15, 0.2) is 0 Å². The molecule has 18 heavy (non-hydrogen) atoms. The zero-order chi connectivity index (χ0) is 13.0. The van der Waals surface area contributed by atoms with Crippen LogP contribution in [0.4, 0.5) is 0 Å². The van der Waals surface area contributed by atoms with Gasteiger partial charge in [0.1, 0.15) is 0 Å². The Morgan fingerprint density at radius 2 is 2.22 bits per heavy atom. The number of halogens is 1. The van der Waals surface area contributed by atoms with Gasteiger partial charge in [-0.15, -0.1) is 11.3 Å². The molecular formula is C13H16ClNO2S. The van der Waals surface area contributed by atoms with Crippen LogP contribution >= 0.6 is 22.9 Å². The van der Waals surface area contributed by atoms with Gasteiger partial charge >= 0.3 is 0 Å². The van der Waals surface area contributed by atoms with E-state index in [-0.39, 0.29) is 12.5 Å². The molecule has 5 heteroatoms. The number of aliphatic hydroxyl groups is 1. The summed E-state index contributed by atoms with van der Waals surface area (Å²) in [4.78, 5) is 12.7. The van der Waals surface area contributed by atoms with Gasteiger partial charge in [0.05, 0.1) is 16.5 Å². The molecule has 0 spiro atoms. The number of thiophene rings is 1. The summed E-state index contributed by atoms with van der Waals surface area (Å²) in [6.07, 6.45) is 7.07. The molecule has 0 atom stereocenters. The Balaban J connectivity index is 1.94. The number of carbonyl (C=O) groups excluding carboxylic acids is 1. The predicted octanol–water partition coefficient (Wildman–Crippen LogP) is 2.84. The molecule has 0 aliphatic heterocycles. The number of rotatable bonds is 4. The topological polar surface area (TPSA) is 49.3 Å². The normalized spacial score (nSPS) is 18.3. The summed E-state index contributed by atoms with van der Waals surface area (Å²) in [5.41, 5.74) is -0.408. The van der Waals surface area contributed by atoms with Crippen LogP contribution in [0.2, 0.25) is 4.34 Å². The van der Waals surface area contributed by atoms with Crippen molar-refractivity contribution in [3.05, 3.63) is 27.4 Å². The van der Waals surface area contributed by atoms with Crippen LogP contribution in [0.15, 0.2) is 18.2 Å². The second-order valence-electron chi connectivity index (χ2n) is 4.61. The second-order valence-corrected chi connectivity index (χ2v) is 6.36. The maximum atomic E-state index is 11.8. The largest absolute Gasteiger partial charge is 0.394 e. The molecule has 1 amide bonds. The van der Waals surface area contributed by atoms with Crippen LogP contribution < -0.4 is 5.32 Å². The molecule has 98 valence electrons. The van der Waals surface area contributed by atoms with E-state index < -0.39 is 5.54 Å². The van der Waals surface area contributed by atoms with E-state index in [0.29, 0.717) is 4.34 Å². The van der Waals surface area contributed by atoms with Gasteiger partial charge in [-0.3, -0.25) is 4.79 Å². The summed E-state index contributed by atoms with van der Waals surface area (Å²) in [6.45, 7) is 0.0113. The first-order chi connectivity index (χ1) is 8.63. The summed E-state index contributed by atoms with van der Waals surface area (Å²) in [6, 6.07) is 3.67. The van der Waals surface area contributed by atoms with Crippen LogP contribution in [0, 0.1) is 0 Å². The first kappa shape index (κ1) is 13.6. The van der Waals surface area contributed by atoms with E-state index in [4.69, 9.17) is 11.6 Å². The lowest BCUT2D eigenvalue weighted by molar-refractivity contribution is -0.118. The fourth-order valence-corrected chi connectivity index (χ4v) is 3.22. The van der Waals surface area contributed by atoms with Crippen molar-refractivity contribution in [3.63, 3.8) is 0 Å². The minimum absolute atomic E-state index is 0.0113. The average molecular weight is 286 g/mol. The monoisotopic (exact) mass is 285 g/mol. The van der Waals surface area contributed by atoms with Crippen molar-refractivity contribution in [1.82, 2.24) is 5.32 Å². The van der Waals surface area contributed by atoms with Crippen molar-refractivity contribution in [1.29, 1.82) is 0 Å². The Labute approximate surface area is 115 Å². The Morgan fingerprint density at radius 3 is 2.78 bits per heavy atom. The van der Waals surface area contributed by atoms with Gasteiger partial charge in [-0.2, -0.15) is 0 Å². The first-order valence-corrected chi connectivity index (χ1v) is 7.19. The van der Waals surface area contributed by atoms with Gasteiger partial charge in [0.2, 0.25) is 5.91 Å². The van der Waals surface area contributed by atoms with E-state index >= 15 is 0 Å². The maximum absolute atomic E-state index is 11.8. The first-order valence-electron chi connectivity index (χ1n) is 6.00. The molecule has 0 radical (unpaired) electrons. The van der Waals surface area contributed by atoms with Gasteiger partial charge < -0.3 is 10.4 Å². The third-order valence-corrected chi connectivity index (χ3v) is 4.44. The van der Waals surface area contributed by atoms with Gasteiger partial charge in [-0.25, -0.2) is 0 Å². The van der Waals surface area contributed by atoms with Crippen LogP contribution in [0.1, 0.15) is 30.6 Å². The number of carbonyl (C=O) groups is 1. The molecule has 1 aliphatic rings. The maximum Gasteiger partial charge on any atom is 0.244 e. The Kier molecular flexibility index (Phi) is 4.43.